The van der Waals surface area contributed by atoms with Gasteiger partial charge < -0.3 is 5.32 Å². The summed E-state index contributed by atoms with van der Waals surface area (Å²) in [7, 11) is 0. The molecule has 42 heavy (non-hydrogen) atoms. The summed E-state index contributed by atoms with van der Waals surface area (Å²) >= 11 is 21.0. The summed E-state index contributed by atoms with van der Waals surface area (Å²) in [5, 5.41) is 3.01. The Bertz CT molecular complexity index is 1720. The lowest BCUT2D eigenvalue weighted by Gasteiger charge is -2.54. The van der Waals surface area contributed by atoms with E-state index in [-0.39, 0.29) is 17.0 Å². The molecule has 1 saturated heterocycles. The van der Waals surface area contributed by atoms with Crippen LogP contribution in [0.3, 0.4) is 0 Å². The zero-order chi connectivity index (χ0) is 29.4. The topological polar surface area (TPSA) is 83.6 Å². The molecular formula is C33H21Cl3N2O4. The first-order valence-electron chi connectivity index (χ1n) is 13.3. The molecule has 1 heterocycles. The van der Waals surface area contributed by atoms with E-state index >= 15 is 0 Å². The van der Waals surface area contributed by atoms with Crippen molar-refractivity contribution >= 4 is 64.0 Å². The molecule has 208 valence electrons. The van der Waals surface area contributed by atoms with Crippen LogP contribution in [0.4, 0.5) is 5.69 Å². The van der Waals surface area contributed by atoms with Crippen molar-refractivity contribution in [3.05, 3.63) is 135 Å². The lowest BCUT2D eigenvalue weighted by Crippen LogP contribution is -2.57. The van der Waals surface area contributed by atoms with E-state index in [2.05, 4.69) is 5.32 Å². The first-order chi connectivity index (χ1) is 20.2. The van der Waals surface area contributed by atoms with Crippen molar-refractivity contribution < 1.29 is 19.2 Å². The Hall–Kier alpha value is -3.97. The fourth-order valence-electron chi connectivity index (χ4n) is 6.77. The van der Waals surface area contributed by atoms with Gasteiger partial charge in [-0.25, -0.2) is 0 Å². The number of nitrogens with one attached hydrogen (secondary N) is 1. The average molecular weight is 616 g/mol. The number of carbonyl (C=O) groups excluding carboxylic acids is 4. The van der Waals surface area contributed by atoms with E-state index in [9.17, 15) is 19.2 Å². The second kappa shape index (κ2) is 9.53. The van der Waals surface area contributed by atoms with Gasteiger partial charge >= 0.3 is 0 Å². The maximum absolute atomic E-state index is 14.0. The highest BCUT2D eigenvalue weighted by Crippen LogP contribution is 2.69. The molecule has 4 aliphatic rings. The molecule has 4 aromatic rings. The number of amides is 3. The quantitative estimate of drug-likeness (QED) is 0.167. The number of benzene rings is 4. The van der Waals surface area contributed by atoms with E-state index in [0.717, 1.165) is 4.90 Å². The number of anilines is 1. The normalized spacial score (nSPS) is 25.1. The number of hydrogen-bond donors (Lipinski definition) is 1. The van der Waals surface area contributed by atoms with Crippen LogP contribution in [0.25, 0.3) is 0 Å². The Morgan fingerprint density at radius 1 is 0.714 bits per heavy atom. The zero-order valence-corrected chi connectivity index (χ0v) is 24.1. The van der Waals surface area contributed by atoms with E-state index in [0.29, 0.717) is 32.8 Å². The largest absolute Gasteiger partial charge is 0.324 e. The molecule has 3 aliphatic carbocycles. The summed E-state index contributed by atoms with van der Waals surface area (Å²) in [5.74, 6) is -4.15. The summed E-state index contributed by atoms with van der Waals surface area (Å²) in [6.07, 6.45) is 0. The van der Waals surface area contributed by atoms with Crippen molar-refractivity contribution in [1.82, 2.24) is 4.90 Å². The van der Waals surface area contributed by atoms with Crippen molar-refractivity contribution in [2.45, 2.75) is 9.75 Å². The molecule has 2 bridgehead atoms. The lowest BCUT2D eigenvalue weighted by atomic mass is 9.54. The van der Waals surface area contributed by atoms with Crippen LogP contribution in [0.1, 0.15) is 38.2 Å². The van der Waals surface area contributed by atoms with Crippen molar-refractivity contribution in [2.75, 3.05) is 11.9 Å². The smallest absolute Gasteiger partial charge is 0.244 e. The predicted molar refractivity (Wildman–Crippen MR) is 160 cm³/mol. The summed E-state index contributed by atoms with van der Waals surface area (Å²) in [4.78, 5) is 52.9. The maximum atomic E-state index is 14.0. The predicted octanol–water partition coefficient (Wildman–Crippen LogP) is 6.10. The highest BCUT2D eigenvalue weighted by atomic mass is 35.5. The van der Waals surface area contributed by atoms with Crippen LogP contribution in [0.15, 0.2) is 97.1 Å². The van der Waals surface area contributed by atoms with Crippen LogP contribution < -0.4 is 5.32 Å². The third kappa shape index (κ3) is 3.59. The molecule has 0 saturated carbocycles. The van der Waals surface area contributed by atoms with Gasteiger partial charge in [-0.2, -0.15) is 0 Å². The molecule has 9 heteroatoms. The Balaban J connectivity index is 1.23. The number of rotatable bonds is 5. The molecule has 0 unspecified atom stereocenters. The Kier molecular flexibility index (Phi) is 6.10. The second-order valence-corrected chi connectivity index (χ2v) is 12.3. The zero-order valence-electron chi connectivity index (χ0n) is 21.8. The van der Waals surface area contributed by atoms with Crippen LogP contribution in [-0.2, 0) is 24.1 Å². The van der Waals surface area contributed by atoms with Crippen molar-refractivity contribution in [2.24, 2.45) is 11.8 Å². The fraction of sp³-hybridized carbons (Fsp3) is 0.152. The van der Waals surface area contributed by atoms with E-state index in [1.54, 1.807) is 36.4 Å². The van der Waals surface area contributed by atoms with Gasteiger partial charge in [0, 0.05) is 16.1 Å². The molecule has 0 radical (unpaired) electrons. The number of hydrogen-bond acceptors (Lipinski definition) is 4. The number of nitrogens with zero attached hydrogens (tertiary/aromatic N) is 1. The van der Waals surface area contributed by atoms with Gasteiger partial charge in [-0.3, -0.25) is 24.1 Å². The number of carbonyl (C=O) groups is 4. The van der Waals surface area contributed by atoms with Crippen molar-refractivity contribution in [1.29, 1.82) is 0 Å². The number of halogens is 3. The maximum Gasteiger partial charge on any atom is 0.244 e. The highest BCUT2D eigenvalue weighted by Gasteiger charge is 2.73. The molecule has 8 rings (SSSR count). The molecule has 4 aromatic carbocycles. The van der Waals surface area contributed by atoms with Crippen molar-refractivity contribution in [3.63, 3.8) is 0 Å². The molecule has 6 nitrogen and oxygen atoms in total. The SMILES string of the molecule is O=C(CN1C(=O)[C@H]2[C@H](C1=O)C1(Cl)c3ccccc3C2(Cl)c2ccccc21)Nc1ccc(Cl)cc1C(=O)c1ccccc1. The third-order valence-corrected chi connectivity index (χ3v) is 10.0. The first-order valence-corrected chi connectivity index (χ1v) is 14.4. The monoisotopic (exact) mass is 614 g/mol. The van der Waals surface area contributed by atoms with Gasteiger partial charge in [0.25, 0.3) is 0 Å². The standard InChI is InChI=1S/C33H21Cl3N2O4/c34-19-14-15-25(20(16-19)29(40)18-8-2-1-3-9-18)37-26(39)17-38-30(41)27-28(31(38)42)33(36)22-11-5-4-10-21(22)32(27,35)23-12-6-7-13-24(23)33/h1-16,27-28H,17H2,(H,37,39)/t27-,28-,32?,33?/m1/s1. The van der Waals surface area contributed by atoms with Gasteiger partial charge in [0.15, 0.2) is 5.78 Å². The Labute approximate surface area is 256 Å². The third-order valence-electron chi connectivity index (χ3n) is 8.51. The summed E-state index contributed by atoms with van der Waals surface area (Å²) in [6.45, 7) is -0.571. The molecular weight excluding hydrogens is 595 g/mol. The molecule has 2 atom stereocenters. The van der Waals surface area contributed by atoms with E-state index in [1.807, 2.05) is 48.5 Å². The molecule has 3 amide bonds. The minimum absolute atomic E-state index is 0.179. The van der Waals surface area contributed by atoms with Crippen LogP contribution in [0.2, 0.25) is 5.02 Å². The number of ketones is 1. The van der Waals surface area contributed by atoms with Gasteiger partial charge in [0.2, 0.25) is 17.7 Å². The lowest BCUT2D eigenvalue weighted by molar-refractivity contribution is -0.142. The van der Waals surface area contributed by atoms with Crippen molar-refractivity contribution in [3.8, 4) is 0 Å². The molecule has 1 fully saturated rings. The number of imide groups is 1. The van der Waals surface area contributed by atoms with Crippen LogP contribution in [-0.4, -0.2) is 34.9 Å². The van der Waals surface area contributed by atoms with Crippen LogP contribution in [0, 0.1) is 11.8 Å². The van der Waals surface area contributed by atoms with Gasteiger partial charge in [-0.15, -0.1) is 23.2 Å². The van der Waals surface area contributed by atoms with Gasteiger partial charge in [0.1, 0.15) is 16.3 Å². The first kappa shape index (κ1) is 26.9. The highest BCUT2D eigenvalue weighted by molar-refractivity contribution is 6.36. The summed E-state index contributed by atoms with van der Waals surface area (Å²) < 4.78 is 0. The Morgan fingerprint density at radius 2 is 1.19 bits per heavy atom. The van der Waals surface area contributed by atoms with Gasteiger partial charge in [-0.05, 0) is 40.5 Å². The van der Waals surface area contributed by atoms with Gasteiger partial charge in [-0.1, -0.05) is 90.5 Å². The fourth-order valence-corrected chi connectivity index (χ4v) is 8.04. The second-order valence-electron chi connectivity index (χ2n) is 10.7. The summed E-state index contributed by atoms with van der Waals surface area (Å²) in [6, 6.07) is 27.8. The van der Waals surface area contributed by atoms with Crippen LogP contribution >= 0.6 is 34.8 Å². The average Bonchev–Trinajstić information content (AvgIpc) is 3.27. The number of alkyl halides is 2. The van der Waals surface area contributed by atoms with Gasteiger partial charge in [0.05, 0.1) is 17.5 Å². The molecule has 1 N–H and O–H groups in total. The van der Waals surface area contributed by atoms with E-state index in [4.69, 9.17) is 34.8 Å². The number of likely N-dealkylation sites (tertiary alicyclic amines) is 1. The summed E-state index contributed by atoms with van der Waals surface area (Å²) in [5.41, 5.74) is 3.52. The Morgan fingerprint density at radius 3 is 1.69 bits per heavy atom. The molecule has 1 aliphatic heterocycles. The minimum Gasteiger partial charge on any atom is -0.324 e. The van der Waals surface area contributed by atoms with E-state index in [1.165, 1.54) is 12.1 Å². The van der Waals surface area contributed by atoms with Crippen LogP contribution in [0.5, 0.6) is 0 Å². The molecule has 0 spiro atoms. The molecule has 0 aromatic heterocycles. The van der Waals surface area contributed by atoms with E-state index < -0.39 is 45.9 Å². The minimum atomic E-state index is -1.34.